The molecule has 3 rings (SSSR count). The second-order valence-electron chi connectivity index (χ2n) is 7.40. The molecule has 0 radical (unpaired) electrons. The van der Waals surface area contributed by atoms with Crippen LogP contribution in [0.15, 0.2) is 36.4 Å². The Morgan fingerprint density at radius 2 is 1.77 bits per heavy atom. The SMILES string of the molecule is CC(C)(O)CN1CCN(Cc2ccc(-c3ccccc3[N+](=O)[O-])s2)CC1. The molecule has 1 aromatic heterocycles. The maximum Gasteiger partial charge on any atom is 0.278 e. The summed E-state index contributed by atoms with van der Waals surface area (Å²) in [5.41, 5.74) is 0.180. The number of rotatable bonds is 6. The number of β-amino-alcohol motifs (C(OH)–C–C–N with tert-alkyl or cyclic N) is 1. The topological polar surface area (TPSA) is 69.8 Å². The Hall–Kier alpha value is -1.80. The van der Waals surface area contributed by atoms with Crippen molar-refractivity contribution >= 4 is 17.0 Å². The third-order valence-electron chi connectivity index (χ3n) is 4.48. The van der Waals surface area contributed by atoms with Gasteiger partial charge < -0.3 is 5.11 Å². The van der Waals surface area contributed by atoms with Gasteiger partial charge >= 0.3 is 0 Å². The fraction of sp³-hybridized carbons (Fsp3) is 0.474. The predicted molar refractivity (Wildman–Crippen MR) is 104 cm³/mol. The number of hydrogen-bond donors (Lipinski definition) is 1. The van der Waals surface area contributed by atoms with Crippen LogP contribution in [0.3, 0.4) is 0 Å². The molecule has 2 heterocycles. The van der Waals surface area contributed by atoms with E-state index in [2.05, 4.69) is 15.9 Å². The molecule has 2 aromatic rings. The Morgan fingerprint density at radius 3 is 2.42 bits per heavy atom. The molecule has 0 atom stereocenters. The van der Waals surface area contributed by atoms with Crippen molar-refractivity contribution < 1.29 is 10.0 Å². The first-order valence-corrected chi connectivity index (χ1v) is 9.63. The smallest absolute Gasteiger partial charge is 0.278 e. The third kappa shape index (κ3) is 4.88. The largest absolute Gasteiger partial charge is 0.389 e. The van der Waals surface area contributed by atoms with Crippen LogP contribution in [0.5, 0.6) is 0 Å². The maximum atomic E-state index is 11.2. The van der Waals surface area contributed by atoms with Gasteiger partial charge in [-0.1, -0.05) is 12.1 Å². The van der Waals surface area contributed by atoms with Gasteiger partial charge in [0.25, 0.3) is 5.69 Å². The molecule has 0 amide bonds. The average molecular weight is 375 g/mol. The minimum atomic E-state index is -0.658. The lowest BCUT2D eigenvalue weighted by Gasteiger charge is -2.37. The molecule has 0 unspecified atom stereocenters. The first kappa shape index (κ1) is 19.0. The van der Waals surface area contributed by atoms with Crippen molar-refractivity contribution in [2.45, 2.75) is 26.0 Å². The minimum absolute atomic E-state index is 0.154. The highest BCUT2D eigenvalue weighted by Crippen LogP contribution is 2.35. The summed E-state index contributed by atoms with van der Waals surface area (Å²) in [5, 5.41) is 21.2. The van der Waals surface area contributed by atoms with Crippen LogP contribution in [0, 0.1) is 10.1 Å². The van der Waals surface area contributed by atoms with Crippen LogP contribution in [-0.2, 0) is 6.54 Å². The van der Waals surface area contributed by atoms with Gasteiger partial charge in [0, 0.05) is 55.1 Å². The number of nitro groups is 1. The number of hydrogen-bond acceptors (Lipinski definition) is 6. The van der Waals surface area contributed by atoms with E-state index < -0.39 is 5.60 Å². The molecule has 1 saturated heterocycles. The van der Waals surface area contributed by atoms with E-state index in [0.29, 0.717) is 12.1 Å². The Morgan fingerprint density at radius 1 is 1.12 bits per heavy atom. The van der Waals surface area contributed by atoms with E-state index in [1.165, 1.54) is 4.88 Å². The van der Waals surface area contributed by atoms with Crippen molar-refractivity contribution in [2.24, 2.45) is 0 Å². The number of thiophene rings is 1. The summed E-state index contributed by atoms with van der Waals surface area (Å²) in [7, 11) is 0. The molecular formula is C19H25N3O3S. The standard InChI is InChI=1S/C19H25N3O3S/c1-19(2,23)14-21-11-9-20(10-12-21)13-15-7-8-18(26-15)16-5-3-4-6-17(16)22(24)25/h3-8,23H,9-14H2,1-2H3. The fourth-order valence-electron chi connectivity index (χ4n) is 3.32. The monoisotopic (exact) mass is 375 g/mol. The summed E-state index contributed by atoms with van der Waals surface area (Å²) in [6.07, 6.45) is 0. The van der Waals surface area contributed by atoms with E-state index >= 15 is 0 Å². The van der Waals surface area contributed by atoms with E-state index in [0.717, 1.165) is 37.6 Å². The number of piperazine rings is 1. The summed E-state index contributed by atoms with van der Waals surface area (Å²) >= 11 is 1.62. The molecule has 1 fully saturated rings. The predicted octanol–water partition coefficient (Wildman–Crippen LogP) is 3.21. The lowest BCUT2D eigenvalue weighted by Crippen LogP contribution is -2.50. The second-order valence-corrected chi connectivity index (χ2v) is 8.57. The Bertz CT molecular complexity index is 761. The van der Waals surface area contributed by atoms with Crippen LogP contribution in [0.1, 0.15) is 18.7 Å². The lowest BCUT2D eigenvalue weighted by atomic mass is 10.1. The van der Waals surface area contributed by atoms with E-state index in [1.807, 2.05) is 32.0 Å². The molecule has 0 bridgehead atoms. The summed E-state index contributed by atoms with van der Waals surface area (Å²) in [5.74, 6) is 0. The van der Waals surface area contributed by atoms with Crippen molar-refractivity contribution in [3.05, 3.63) is 51.4 Å². The average Bonchev–Trinajstić information content (AvgIpc) is 3.04. The fourth-order valence-corrected chi connectivity index (χ4v) is 4.41. The van der Waals surface area contributed by atoms with Gasteiger partial charge in [-0.05, 0) is 32.0 Å². The molecule has 7 heteroatoms. The molecule has 1 aliphatic heterocycles. The second kappa shape index (κ2) is 7.84. The minimum Gasteiger partial charge on any atom is -0.389 e. The van der Waals surface area contributed by atoms with Crippen LogP contribution in [0.25, 0.3) is 10.4 Å². The number of nitrogens with zero attached hydrogens (tertiary/aromatic N) is 3. The van der Waals surface area contributed by atoms with Gasteiger partial charge in [-0.3, -0.25) is 19.9 Å². The Balaban J connectivity index is 1.61. The van der Waals surface area contributed by atoms with Gasteiger partial charge in [-0.15, -0.1) is 11.3 Å². The van der Waals surface area contributed by atoms with E-state index in [4.69, 9.17) is 0 Å². The summed E-state index contributed by atoms with van der Waals surface area (Å²) < 4.78 is 0. The van der Waals surface area contributed by atoms with Crippen LogP contribution in [0.4, 0.5) is 5.69 Å². The third-order valence-corrected chi connectivity index (χ3v) is 5.59. The molecule has 6 nitrogen and oxygen atoms in total. The summed E-state index contributed by atoms with van der Waals surface area (Å²) in [4.78, 5) is 17.8. The number of para-hydroxylation sites is 1. The van der Waals surface area contributed by atoms with Crippen LogP contribution < -0.4 is 0 Å². The van der Waals surface area contributed by atoms with Crippen LogP contribution in [0.2, 0.25) is 0 Å². The molecule has 26 heavy (non-hydrogen) atoms. The zero-order valence-electron chi connectivity index (χ0n) is 15.2. The quantitative estimate of drug-likeness (QED) is 0.620. The zero-order chi connectivity index (χ0) is 18.7. The van der Waals surface area contributed by atoms with Crippen molar-refractivity contribution in [1.29, 1.82) is 0 Å². The molecule has 0 saturated carbocycles. The Kier molecular flexibility index (Phi) is 5.72. The molecule has 1 N–H and O–H groups in total. The lowest BCUT2D eigenvalue weighted by molar-refractivity contribution is -0.384. The highest BCUT2D eigenvalue weighted by molar-refractivity contribution is 7.15. The van der Waals surface area contributed by atoms with Gasteiger partial charge in [0.05, 0.1) is 16.1 Å². The van der Waals surface area contributed by atoms with E-state index in [9.17, 15) is 15.2 Å². The summed E-state index contributed by atoms with van der Waals surface area (Å²) in [6, 6.07) is 10.9. The van der Waals surface area contributed by atoms with Gasteiger partial charge in [-0.25, -0.2) is 0 Å². The molecular weight excluding hydrogens is 350 g/mol. The van der Waals surface area contributed by atoms with Crippen molar-refractivity contribution in [2.75, 3.05) is 32.7 Å². The van der Waals surface area contributed by atoms with Gasteiger partial charge in [0.1, 0.15) is 0 Å². The zero-order valence-corrected chi connectivity index (χ0v) is 16.0. The molecule has 0 aliphatic carbocycles. The normalized spacial score (nSPS) is 16.7. The van der Waals surface area contributed by atoms with Gasteiger partial charge in [-0.2, -0.15) is 0 Å². The number of aliphatic hydroxyl groups is 1. The summed E-state index contributed by atoms with van der Waals surface area (Å²) in [6.45, 7) is 9.08. The maximum absolute atomic E-state index is 11.2. The van der Waals surface area contributed by atoms with Crippen molar-refractivity contribution in [3.8, 4) is 10.4 Å². The van der Waals surface area contributed by atoms with Crippen LogP contribution >= 0.6 is 11.3 Å². The van der Waals surface area contributed by atoms with E-state index in [-0.39, 0.29) is 10.6 Å². The van der Waals surface area contributed by atoms with Crippen molar-refractivity contribution in [3.63, 3.8) is 0 Å². The van der Waals surface area contributed by atoms with Gasteiger partial charge in [0.2, 0.25) is 0 Å². The highest BCUT2D eigenvalue weighted by Gasteiger charge is 2.23. The number of benzene rings is 1. The van der Waals surface area contributed by atoms with Crippen LogP contribution in [-0.4, -0.2) is 58.2 Å². The highest BCUT2D eigenvalue weighted by atomic mass is 32.1. The van der Waals surface area contributed by atoms with Gasteiger partial charge in [0.15, 0.2) is 0 Å². The molecule has 1 aromatic carbocycles. The first-order valence-electron chi connectivity index (χ1n) is 8.81. The first-order chi connectivity index (χ1) is 12.3. The van der Waals surface area contributed by atoms with E-state index in [1.54, 1.807) is 23.5 Å². The Labute approximate surface area is 157 Å². The molecule has 140 valence electrons. The van der Waals surface area contributed by atoms with Crippen molar-refractivity contribution in [1.82, 2.24) is 9.80 Å². The molecule has 1 aliphatic rings. The molecule has 0 spiro atoms. The number of nitro benzene ring substituents is 1.